The summed E-state index contributed by atoms with van der Waals surface area (Å²) in [5.74, 6) is 1.24. The van der Waals surface area contributed by atoms with E-state index in [1.165, 1.54) is 31.5 Å². The molecule has 16 heavy (non-hydrogen) atoms. The van der Waals surface area contributed by atoms with E-state index in [9.17, 15) is 0 Å². The van der Waals surface area contributed by atoms with Gasteiger partial charge in [0.05, 0.1) is 5.54 Å². The van der Waals surface area contributed by atoms with Crippen LogP contribution in [0.25, 0.3) is 0 Å². The highest BCUT2D eigenvalue weighted by molar-refractivity contribution is 5.09. The van der Waals surface area contributed by atoms with E-state index in [-0.39, 0.29) is 5.54 Å². The van der Waals surface area contributed by atoms with Gasteiger partial charge in [0, 0.05) is 18.9 Å². The standard InChI is InChI=1S/C13H23N3/c1-3-13(8-6-5-7-9-15-13)12-14-10-11-16(12)4-2/h10-11,15H,3-9H2,1-2H3. The van der Waals surface area contributed by atoms with Crippen LogP contribution < -0.4 is 5.32 Å². The van der Waals surface area contributed by atoms with Crippen molar-refractivity contribution in [3.63, 3.8) is 0 Å². The maximum atomic E-state index is 4.60. The lowest BCUT2D eigenvalue weighted by molar-refractivity contribution is 0.284. The van der Waals surface area contributed by atoms with Gasteiger partial charge < -0.3 is 9.88 Å². The number of imidazole rings is 1. The van der Waals surface area contributed by atoms with Crippen LogP contribution in [0, 0.1) is 0 Å². The summed E-state index contributed by atoms with van der Waals surface area (Å²) in [5.41, 5.74) is 0.121. The quantitative estimate of drug-likeness (QED) is 0.850. The molecule has 1 atom stereocenters. The van der Waals surface area contributed by atoms with Crippen LogP contribution in [0.5, 0.6) is 0 Å². The summed E-state index contributed by atoms with van der Waals surface area (Å²) < 4.78 is 2.28. The summed E-state index contributed by atoms with van der Waals surface area (Å²) in [6.45, 7) is 6.60. The molecular formula is C13H23N3. The van der Waals surface area contributed by atoms with Crippen molar-refractivity contribution in [2.45, 2.75) is 58.0 Å². The predicted octanol–water partition coefficient (Wildman–Crippen LogP) is 2.67. The van der Waals surface area contributed by atoms with Gasteiger partial charge in [-0.05, 0) is 32.7 Å². The molecule has 2 rings (SSSR count). The van der Waals surface area contributed by atoms with E-state index in [1.807, 2.05) is 6.20 Å². The molecule has 3 nitrogen and oxygen atoms in total. The Balaban J connectivity index is 2.31. The van der Waals surface area contributed by atoms with Crippen molar-refractivity contribution < 1.29 is 0 Å². The van der Waals surface area contributed by atoms with Crippen molar-refractivity contribution >= 4 is 0 Å². The van der Waals surface area contributed by atoms with E-state index in [1.54, 1.807) is 0 Å². The Bertz CT molecular complexity index is 322. The molecule has 90 valence electrons. The number of hydrogen-bond acceptors (Lipinski definition) is 2. The Labute approximate surface area is 98.3 Å². The molecule has 0 bridgehead atoms. The lowest BCUT2D eigenvalue weighted by Gasteiger charge is -2.32. The number of aromatic nitrogens is 2. The Morgan fingerprint density at radius 1 is 1.38 bits per heavy atom. The summed E-state index contributed by atoms with van der Waals surface area (Å²) in [6.07, 6.45) is 10.3. The van der Waals surface area contributed by atoms with Gasteiger partial charge in [0.1, 0.15) is 5.82 Å². The van der Waals surface area contributed by atoms with Crippen molar-refractivity contribution in [2.24, 2.45) is 0 Å². The van der Waals surface area contributed by atoms with Crippen LogP contribution in [0.15, 0.2) is 12.4 Å². The second-order valence-corrected chi connectivity index (χ2v) is 4.71. The highest BCUT2D eigenvalue weighted by atomic mass is 15.1. The first-order valence-corrected chi connectivity index (χ1v) is 6.59. The minimum Gasteiger partial charge on any atom is -0.334 e. The summed E-state index contributed by atoms with van der Waals surface area (Å²) in [6, 6.07) is 0. The van der Waals surface area contributed by atoms with Gasteiger partial charge in [-0.15, -0.1) is 0 Å². The number of rotatable bonds is 3. The maximum absolute atomic E-state index is 4.60. The molecular weight excluding hydrogens is 198 g/mol. The third kappa shape index (κ3) is 2.01. The fraction of sp³-hybridized carbons (Fsp3) is 0.769. The minimum atomic E-state index is 0.121. The average molecular weight is 221 g/mol. The molecule has 0 aliphatic carbocycles. The van der Waals surface area contributed by atoms with Crippen LogP contribution in [0.1, 0.15) is 51.8 Å². The molecule has 1 saturated heterocycles. The average Bonchev–Trinajstić information content (AvgIpc) is 2.67. The first-order chi connectivity index (χ1) is 7.82. The Kier molecular flexibility index (Phi) is 3.64. The van der Waals surface area contributed by atoms with Gasteiger partial charge in [0.25, 0.3) is 0 Å². The summed E-state index contributed by atoms with van der Waals surface area (Å²) >= 11 is 0. The number of nitrogens with one attached hydrogen (secondary N) is 1. The largest absolute Gasteiger partial charge is 0.334 e. The first kappa shape index (κ1) is 11.6. The predicted molar refractivity (Wildman–Crippen MR) is 66.3 cm³/mol. The minimum absolute atomic E-state index is 0.121. The second kappa shape index (κ2) is 5.00. The Morgan fingerprint density at radius 2 is 2.25 bits per heavy atom. The molecule has 0 amide bonds. The van der Waals surface area contributed by atoms with Gasteiger partial charge in [-0.2, -0.15) is 0 Å². The van der Waals surface area contributed by atoms with Gasteiger partial charge >= 0.3 is 0 Å². The summed E-state index contributed by atoms with van der Waals surface area (Å²) in [5, 5.41) is 3.74. The Hall–Kier alpha value is -0.830. The van der Waals surface area contributed by atoms with Gasteiger partial charge in [-0.3, -0.25) is 0 Å². The first-order valence-electron chi connectivity index (χ1n) is 6.59. The van der Waals surface area contributed by atoms with Gasteiger partial charge in [-0.25, -0.2) is 4.98 Å². The summed E-state index contributed by atoms with van der Waals surface area (Å²) in [4.78, 5) is 4.60. The van der Waals surface area contributed by atoms with Crippen molar-refractivity contribution in [3.8, 4) is 0 Å². The maximum Gasteiger partial charge on any atom is 0.129 e. The highest BCUT2D eigenvalue weighted by Gasteiger charge is 2.34. The van der Waals surface area contributed by atoms with Crippen molar-refractivity contribution in [1.29, 1.82) is 0 Å². The van der Waals surface area contributed by atoms with Crippen molar-refractivity contribution in [3.05, 3.63) is 18.2 Å². The third-order valence-corrected chi connectivity index (χ3v) is 3.83. The molecule has 1 aliphatic rings. The van der Waals surface area contributed by atoms with Crippen LogP contribution in [-0.4, -0.2) is 16.1 Å². The van der Waals surface area contributed by atoms with E-state index in [0.717, 1.165) is 19.5 Å². The molecule has 2 heterocycles. The van der Waals surface area contributed by atoms with Crippen LogP contribution >= 0.6 is 0 Å². The van der Waals surface area contributed by atoms with E-state index in [2.05, 4.69) is 34.9 Å². The molecule has 1 N–H and O–H groups in total. The lowest BCUT2D eigenvalue weighted by Crippen LogP contribution is -2.43. The van der Waals surface area contributed by atoms with E-state index < -0.39 is 0 Å². The number of aryl methyl sites for hydroxylation is 1. The third-order valence-electron chi connectivity index (χ3n) is 3.83. The molecule has 1 unspecified atom stereocenters. The lowest BCUT2D eigenvalue weighted by atomic mass is 9.89. The van der Waals surface area contributed by atoms with E-state index in [0.29, 0.717) is 0 Å². The van der Waals surface area contributed by atoms with E-state index in [4.69, 9.17) is 0 Å². The molecule has 1 fully saturated rings. The SMILES string of the molecule is CCn1ccnc1C1(CC)CCCCCN1. The van der Waals surface area contributed by atoms with Crippen LogP contribution in [0.2, 0.25) is 0 Å². The molecule has 0 spiro atoms. The molecule has 1 aromatic heterocycles. The van der Waals surface area contributed by atoms with Gasteiger partial charge in [-0.1, -0.05) is 19.8 Å². The molecule has 0 aromatic carbocycles. The Morgan fingerprint density at radius 3 is 3.00 bits per heavy atom. The zero-order chi connectivity index (χ0) is 11.4. The normalized spacial score (nSPS) is 26.6. The monoisotopic (exact) mass is 221 g/mol. The van der Waals surface area contributed by atoms with Crippen molar-refractivity contribution in [2.75, 3.05) is 6.54 Å². The molecule has 1 aromatic rings. The zero-order valence-electron chi connectivity index (χ0n) is 10.5. The van der Waals surface area contributed by atoms with Gasteiger partial charge in [0.15, 0.2) is 0 Å². The smallest absolute Gasteiger partial charge is 0.129 e. The molecule has 3 heteroatoms. The molecule has 0 saturated carbocycles. The van der Waals surface area contributed by atoms with E-state index >= 15 is 0 Å². The number of hydrogen-bond donors (Lipinski definition) is 1. The topological polar surface area (TPSA) is 29.9 Å². The van der Waals surface area contributed by atoms with Crippen LogP contribution in [-0.2, 0) is 12.1 Å². The van der Waals surface area contributed by atoms with Crippen LogP contribution in [0.3, 0.4) is 0 Å². The molecule has 1 aliphatic heterocycles. The molecule has 0 radical (unpaired) electrons. The van der Waals surface area contributed by atoms with Crippen LogP contribution in [0.4, 0.5) is 0 Å². The summed E-state index contributed by atoms with van der Waals surface area (Å²) in [7, 11) is 0. The zero-order valence-corrected chi connectivity index (χ0v) is 10.5. The number of nitrogens with zero attached hydrogens (tertiary/aromatic N) is 2. The van der Waals surface area contributed by atoms with Gasteiger partial charge in [0.2, 0.25) is 0 Å². The van der Waals surface area contributed by atoms with Crippen molar-refractivity contribution in [1.82, 2.24) is 14.9 Å². The fourth-order valence-electron chi connectivity index (χ4n) is 2.78. The fourth-order valence-corrected chi connectivity index (χ4v) is 2.78. The highest BCUT2D eigenvalue weighted by Crippen LogP contribution is 2.31. The second-order valence-electron chi connectivity index (χ2n) is 4.71.